The van der Waals surface area contributed by atoms with Crippen LogP contribution in [0.1, 0.15) is 18.2 Å². The number of hydrogen-bond acceptors (Lipinski definition) is 5. The molecule has 2 heterocycles. The van der Waals surface area contributed by atoms with Crippen molar-refractivity contribution in [2.45, 2.75) is 20.0 Å². The van der Waals surface area contributed by atoms with Crippen LogP contribution in [0.3, 0.4) is 0 Å². The van der Waals surface area contributed by atoms with Gasteiger partial charge in [-0.3, -0.25) is 4.79 Å². The Morgan fingerprint density at radius 2 is 2.33 bits per heavy atom. The number of amides is 1. The summed E-state index contributed by atoms with van der Waals surface area (Å²) in [5.74, 6) is -0.0831. The summed E-state index contributed by atoms with van der Waals surface area (Å²) in [6.45, 7) is 5.06. The molecule has 0 saturated carbocycles. The molecule has 0 radical (unpaired) electrons. The summed E-state index contributed by atoms with van der Waals surface area (Å²) < 4.78 is 0. The molecule has 110 valence electrons. The average Bonchev–Trinajstić information content (AvgIpc) is 2.78. The minimum atomic E-state index is -0.0831. The standard InChI is InChI=1S/C15H18N4OS/c1-11(20)17-15-18-13(10-21-15)9-19-7-6-16-8-12-4-2-3-5-14(12)19/h2-5,10,16H,6-9H2,1H3,(H,17,18,20). The van der Waals surface area contributed by atoms with E-state index in [2.05, 4.69) is 44.8 Å². The van der Waals surface area contributed by atoms with Gasteiger partial charge in [-0.05, 0) is 11.6 Å². The molecule has 21 heavy (non-hydrogen) atoms. The van der Waals surface area contributed by atoms with Crippen molar-refractivity contribution in [3.8, 4) is 0 Å². The lowest BCUT2D eigenvalue weighted by molar-refractivity contribution is -0.114. The smallest absolute Gasteiger partial charge is 0.223 e. The van der Waals surface area contributed by atoms with E-state index in [4.69, 9.17) is 0 Å². The number of nitrogens with one attached hydrogen (secondary N) is 2. The lowest BCUT2D eigenvalue weighted by atomic mass is 10.1. The van der Waals surface area contributed by atoms with Gasteiger partial charge in [-0.2, -0.15) is 0 Å². The van der Waals surface area contributed by atoms with Crippen LogP contribution in [-0.2, 0) is 17.9 Å². The molecule has 1 aliphatic heterocycles. The number of hydrogen-bond donors (Lipinski definition) is 2. The molecule has 0 spiro atoms. The third kappa shape index (κ3) is 3.40. The van der Waals surface area contributed by atoms with E-state index in [-0.39, 0.29) is 5.91 Å². The second kappa shape index (κ2) is 6.24. The average molecular weight is 302 g/mol. The predicted molar refractivity (Wildman–Crippen MR) is 85.6 cm³/mol. The molecule has 2 N–H and O–H groups in total. The number of fused-ring (bicyclic) bond motifs is 1. The van der Waals surface area contributed by atoms with Crippen LogP contribution in [0.4, 0.5) is 10.8 Å². The van der Waals surface area contributed by atoms with Crippen LogP contribution >= 0.6 is 11.3 Å². The highest BCUT2D eigenvalue weighted by Crippen LogP contribution is 2.25. The third-order valence-electron chi connectivity index (χ3n) is 3.39. The number of nitrogens with zero attached hydrogens (tertiary/aromatic N) is 2. The number of para-hydroxylation sites is 1. The molecule has 1 amide bonds. The molecule has 1 aromatic heterocycles. The fourth-order valence-electron chi connectivity index (χ4n) is 2.47. The number of thiazole rings is 1. The normalized spacial score (nSPS) is 14.4. The molecule has 0 saturated heterocycles. The summed E-state index contributed by atoms with van der Waals surface area (Å²) >= 11 is 1.47. The zero-order chi connectivity index (χ0) is 14.7. The molecule has 0 atom stereocenters. The lowest BCUT2D eigenvalue weighted by Gasteiger charge is -2.23. The van der Waals surface area contributed by atoms with Gasteiger partial charge in [0, 0.05) is 37.6 Å². The SMILES string of the molecule is CC(=O)Nc1nc(CN2CCNCc3ccccc32)cs1. The van der Waals surface area contributed by atoms with Gasteiger partial charge >= 0.3 is 0 Å². The molecule has 0 unspecified atom stereocenters. The maximum atomic E-state index is 11.1. The maximum Gasteiger partial charge on any atom is 0.223 e. The van der Waals surface area contributed by atoms with Crippen LogP contribution in [0.2, 0.25) is 0 Å². The molecule has 3 rings (SSSR count). The van der Waals surface area contributed by atoms with Gasteiger partial charge in [0.2, 0.25) is 5.91 Å². The van der Waals surface area contributed by atoms with Crippen molar-refractivity contribution in [3.05, 3.63) is 40.9 Å². The first kappa shape index (κ1) is 14.0. The van der Waals surface area contributed by atoms with Crippen LogP contribution in [0.25, 0.3) is 0 Å². The van der Waals surface area contributed by atoms with Gasteiger partial charge in [0.25, 0.3) is 0 Å². The number of rotatable bonds is 3. The van der Waals surface area contributed by atoms with E-state index in [0.717, 1.165) is 31.9 Å². The highest BCUT2D eigenvalue weighted by atomic mass is 32.1. The van der Waals surface area contributed by atoms with Crippen LogP contribution in [0.5, 0.6) is 0 Å². The van der Waals surface area contributed by atoms with Crippen LogP contribution in [-0.4, -0.2) is 24.0 Å². The molecule has 1 aromatic carbocycles. The molecule has 2 aromatic rings. The first-order valence-corrected chi connectivity index (χ1v) is 7.86. The van der Waals surface area contributed by atoms with Crippen molar-refractivity contribution in [1.82, 2.24) is 10.3 Å². The van der Waals surface area contributed by atoms with Gasteiger partial charge < -0.3 is 15.5 Å². The Balaban J connectivity index is 1.78. The Bertz CT molecular complexity index is 640. The molecular formula is C15H18N4OS. The van der Waals surface area contributed by atoms with Crippen LogP contribution < -0.4 is 15.5 Å². The summed E-state index contributed by atoms with van der Waals surface area (Å²) in [5.41, 5.74) is 3.56. The van der Waals surface area contributed by atoms with Crippen molar-refractivity contribution in [2.75, 3.05) is 23.3 Å². The molecule has 5 nitrogen and oxygen atoms in total. The van der Waals surface area contributed by atoms with E-state index in [1.807, 2.05) is 5.38 Å². The Labute approximate surface area is 128 Å². The number of anilines is 2. The van der Waals surface area contributed by atoms with Gasteiger partial charge in [-0.15, -0.1) is 11.3 Å². The van der Waals surface area contributed by atoms with Crippen molar-refractivity contribution in [3.63, 3.8) is 0 Å². The Morgan fingerprint density at radius 1 is 1.48 bits per heavy atom. The van der Waals surface area contributed by atoms with Crippen LogP contribution in [0.15, 0.2) is 29.6 Å². The number of aromatic nitrogens is 1. The second-order valence-corrected chi connectivity index (χ2v) is 5.91. The van der Waals surface area contributed by atoms with E-state index in [9.17, 15) is 4.79 Å². The van der Waals surface area contributed by atoms with Crippen molar-refractivity contribution in [2.24, 2.45) is 0 Å². The highest BCUT2D eigenvalue weighted by molar-refractivity contribution is 7.13. The summed E-state index contributed by atoms with van der Waals surface area (Å²) in [4.78, 5) is 17.9. The number of carbonyl (C=O) groups is 1. The largest absolute Gasteiger partial charge is 0.364 e. The quantitative estimate of drug-likeness (QED) is 0.913. The summed E-state index contributed by atoms with van der Waals surface area (Å²) in [7, 11) is 0. The van der Waals surface area contributed by atoms with Gasteiger partial charge in [0.05, 0.1) is 12.2 Å². The summed E-state index contributed by atoms with van der Waals surface area (Å²) in [5, 5.41) is 8.84. The Morgan fingerprint density at radius 3 is 3.19 bits per heavy atom. The van der Waals surface area contributed by atoms with Crippen LogP contribution in [0, 0.1) is 0 Å². The molecule has 0 fully saturated rings. The monoisotopic (exact) mass is 302 g/mol. The molecular weight excluding hydrogens is 284 g/mol. The topological polar surface area (TPSA) is 57.3 Å². The van der Waals surface area contributed by atoms with Gasteiger partial charge in [-0.1, -0.05) is 18.2 Å². The maximum absolute atomic E-state index is 11.1. The van der Waals surface area contributed by atoms with Gasteiger partial charge in [0.15, 0.2) is 5.13 Å². The molecule has 1 aliphatic rings. The van der Waals surface area contributed by atoms with E-state index in [1.165, 1.54) is 29.5 Å². The van der Waals surface area contributed by atoms with Crippen molar-refractivity contribution in [1.29, 1.82) is 0 Å². The van der Waals surface area contributed by atoms with Crippen molar-refractivity contribution < 1.29 is 4.79 Å². The number of carbonyl (C=O) groups excluding carboxylic acids is 1. The zero-order valence-electron chi connectivity index (χ0n) is 11.9. The lowest BCUT2D eigenvalue weighted by Crippen LogP contribution is -2.28. The van der Waals surface area contributed by atoms with E-state index in [0.29, 0.717) is 5.13 Å². The third-order valence-corrected chi connectivity index (χ3v) is 4.20. The van der Waals surface area contributed by atoms with Gasteiger partial charge in [-0.25, -0.2) is 4.98 Å². The first-order valence-electron chi connectivity index (χ1n) is 6.98. The van der Waals surface area contributed by atoms with Crippen molar-refractivity contribution >= 4 is 28.1 Å². The Kier molecular flexibility index (Phi) is 4.17. The fraction of sp³-hybridized carbons (Fsp3) is 0.333. The minimum Gasteiger partial charge on any atom is -0.364 e. The molecule has 6 heteroatoms. The predicted octanol–water partition coefficient (Wildman–Crippen LogP) is 2.21. The van der Waals surface area contributed by atoms with E-state index >= 15 is 0 Å². The molecule has 0 aliphatic carbocycles. The van der Waals surface area contributed by atoms with E-state index < -0.39 is 0 Å². The second-order valence-electron chi connectivity index (χ2n) is 5.05. The fourth-order valence-corrected chi connectivity index (χ4v) is 3.22. The number of benzene rings is 1. The summed E-state index contributed by atoms with van der Waals surface area (Å²) in [6, 6.07) is 8.45. The Hall–Kier alpha value is -1.92. The first-order chi connectivity index (χ1) is 10.2. The van der Waals surface area contributed by atoms with E-state index in [1.54, 1.807) is 0 Å². The van der Waals surface area contributed by atoms with Gasteiger partial charge in [0.1, 0.15) is 0 Å². The summed E-state index contributed by atoms with van der Waals surface area (Å²) in [6.07, 6.45) is 0. The minimum absolute atomic E-state index is 0.0831. The molecule has 0 bridgehead atoms. The highest BCUT2D eigenvalue weighted by Gasteiger charge is 2.16. The zero-order valence-corrected chi connectivity index (χ0v) is 12.7.